The molecule has 0 spiro atoms. The lowest BCUT2D eigenvalue weighted by Gasteiger charge is -2.31. The molecule has 0 radical (unpaired) electrons. The lowest BCUT2D eigenvalue weighted by molar-refractivity contribution is -0.136. The molecule has 1 heterocycles. The van der Waals surface area contributed by atoms with Gasteiger partial charge >= 0.3 is 11.8 Å². The summed E-state index contributed by atoms with van der Waals surface area (Å²) in [7, 11) is -3.35. The number of nitrogens with one attached hydrogen (secondary N) is 1. The van der Waals surface area contributed by atoms with Gasteiger partial charge in [-0.05, 0) is 31.9 Å². The van der Waals surface area contributed by atoms with Crippen molar-refractivity contribution < 1.29 is 30.7 Å². The summed E-state index contributed by atoms with van der Waals surface area (Å²) in [4.78, 5) is 11.5. The van der Waals surface area contributed by atoms with E-state index in [1.807, 2.05) is 0 Å². The molecule has 2 atom stereocenters. The monoisotopic (exact) mass is 433 g/mol. The minimum atomic E-state index is -4.68. The van der Waals surface area contributed by atoms with Gasteiger partial charge in [-0.25, -0.2) is 17.9 Å². The van der Waals surface area contributed by atoms with Gasteiger partial charge in [0.25, 0.3) is 0 Å². The van der Waals surface area contributed by atoms with Crippen molar-refractivity contribution in [1.29, 1.82) is 0 Å². The van der Waals surface area contributed by atoms with Gasteiger partial charge in [-0.1, -0.05) is 12.8 Å². The van der Waals surface area contributed by atoms with E-state index in [1.165, 1.54) is 18.2 Å². The highest BCUT2D eigenvalue weighted by Crippen LogP contribution is 2.35. The fourth-order valence-corrected chi connectivity index (χ4v) is 4.49. The minimum absolute atomic E-state index is 0.0116. The number of alkyl halides is 3. The van der Waals surface area contributed by atoms with Gasteiger partial charge < -0.3 is 9.15 Å². The number of benzene rings is 1. The normalized spacial score (nSPS) is 20.7. The van der Waals surface area contributed by atoms with E-state index in [2.05, 4.69) is 4.72 Å². The molecule has 1 aromatic heterocycles. The second kappa shape index (κ2) is 8.35. The smallest absolute Gasteiger partial charge is 0.417 e. The largest absolute Gasteiger partial charge is 0.493 e. The summed E-state index contributed by atoms with van der Waals surface area (Å²) in [6, 6.07) is 4.01. The van der Waals surface area contributed by atoms with E-state index < -0.39 is 27.4 Å². The molecule has 6 nitrogen and oxygen atoms in total. The molecule has 1 aromatic carbocycles. The standard InChI is InChI=1S/C19H22F3NO5S/c1-2-29(25,26)23-16-6-4-3-5-12(16)11-27-13-7-8-14-15(19(20,21)22)10-18(24)28-17(14)9-13/h7-10,12,16,23H,2-6,11H2,1H3/t12-,16+/m1/s1. The molecule has 1 saturated carbocycles. The second-order valence-corrected chi connectivity index (χ2v) is 9.16. The van der Waals surface area contributed by atoms with Crippen LogP contribution in [0.15, 0.2) is 33.5 Å². The molecule has 3 rings (SSSR count). The maximum absolute atomic E-state index is 13.1. The van der Waals surface area contributed by atoms with Crippen molar-refractivity contribution in [3.8, 4) is 5.75 Å². The van der Waals surface area contributed by atoms with Gasteiger partial charge in [0.1, 0.15) is 11.3 Å². The fourth-order valence-electron chi connectivity index (χ4n) is 3.55. The van der Waals surface area contributed by atoms with Crippen LogP contribution in [0.1, 0.15) is 38.2 Å². The number of hydrogen-bond donors (Lipinski definition) is 1. The van der Waals surface area contributed by atoms with Gasteiger partial charge in [0.05, 0.1) is 17.9 Å². The molecular weight excluding hydrogens is 411 g/mol. The number of ether oxygens (including phenoxy) is 1. The second-order valence-electron chi connectivity index (χ2n) is 7.12. The van der Waals surface area contributed by atoms with E-state index in [0.29, 0.717) is 12.5 Å². The van der Waals surface area contributed by atoms with Gasteiger partial charge in [0, 0.05) is 29.5 Å². The van der Waals surface area contributed by atoms with Crippen molar-refractivity contribution in [2.24, 2.45) is 5.92 Å². The van der Waals surface area contributed by atoms with Crippen molar-refractivity contribution in [3.05, 3.63) is 40.2 Å². The lowest BCUT2D eigenvalue weighted by Crippen LogP contribution is -2.44. The number of hydrogen-bond acceptors (Lipinski definition) is 5. The number of fused-ring (bicyclic) bond motifs is 1. The molecule has 0 saturated heterocycles. The topological polar surface area (TPSA) is 85.6 Å². The molecule has 0 amide bonds. The maximum Gasteiger partial charge on any atom is 0.417 e. The molecule has 1 N–H and O–H groups in total. The molecule has 1 fully saturated rings. The van der Waals surface area contributed by atoms with E-state index in [-0.39, 0.29) is 41.0 Å². The quantitative estimate of drug-likeness (QED) is 0.703. The van der Waals surface area contributed by atoms with Crippen LogP contribution in [-0.2, 0) is 16.2 Å². The molecule has 1 aliphatic carbocycles. The molecule has 10 heteroatoms. The van der Waals surface area contributed by atoms with Crippen LogP contribution in [0, 0.1) is 5.92 Å². The number of halogens is 3. The zero-order valence-electron chi connectivity index (χ0n) is 15.8. The van der Waals surface area contributed by atoms with Crippen LogP contribution in [0.4, 0.5) is 13.2 Å². The van der Waals surface area contributed by atoms with Gasteiger partial charge in [-0.2, -0.15) is 13.2 Å². The minimum Gasteiger partial charge on any atom is -0.493 e. The summed E-state index contributed by atoms with van der Waals surface area (Å²) in [5.41, 5.74) is -2.37. The summed E-state index contributed by atoms with van der Waals surface area (Å²) in [6.45, 7) is 1.76. The van der Waals surface area contributed by atoms with Crippen LogP contribution in [0.25, 0.3) is 11.0 Å². The van der Waals surface area contributed by atoms with Crippen molar-refractivity contribution >= 4 is 21.0 Å². The lowest BCUT2D eigenvalue weighted by atomic mass is 9.86. The van der Waals surface area contributed by atoms with Crippen LogP contribution in [-0.4, -0.2) is 26.8 Å². The highest BCUT2D eigenvalue weighted by atomic mass is 32.2. The molecule has 0 aliphatic heterocycles. The highest BCUT2D eigenvalue weighted by Gasteiger charge is 2.34. The van der Waals surface area contributed by atoms with Crippen molar-refractivity contribution in [2.75, 3.05) is 12.4 Å². The predicted octanol–water partition coefficient (Wildman–Crippen LogP) is 3.69. The van der Waals surface area contributed by atoms with Crippen LogP contribution >= 0.6 is 0 Å². The van der Waals surface area contributed by atoms with Crippen LogP contribution in [0.3, 0.4) is 0 Å². The molecule has 1 aliphatic rings. The average molecular weight is 433 g/mol. The summed E-state index contributed by atoms with van der Waals surface area (Å²) in [5.74, 6) is 0.180. The first kappa shape index (κ1) is 21.6. The molecular formula is C19H22F3NO5S. The third kappa shape index (κ3) is 5.30. The Labute approximate surface area is 166 Å². The van der Waals surface area contributed by atoms with Crippen LogP contribution < -0.4 is 15.1 Å². The third-order valence-electron chi connectivity index (χ3n) is 5.11. The Balaban J connectivity index is 1.78. The highest BCUT2D eigenvalue weighted by molar-refractivity contribution is 7.89. The Morgan fingerprint density at radius 2 is 1.93 bits per heavy atom. The van der Waals surface area contributed by atoms with Crippen molar-refractivity contribution in [3.63, 3.8) is 0 Å². The molecule has 2 aromatic rings. The van der Waals surface area contributed by atoms with E-state index in [9.17, 15) is 26.4 Å². The Bertz CT molecular complexity index is 1030. The van der Waals surface area contributed by atoms with E-state index in [0.717, 1.165) is 19.3 Å². The zero-order chi connectivity index (χ0) is 21.2. The first-order chi connectivity index (χ1) is 13.6. The SMILES string of the molecule is CCS(=O)(=O)N[C@H]1CCCC[C@@H]1COc1ccc2c(C(F)(F)F)cc(=O)oc2c1. The maximum atomic E-state index is 13.1. The van der Waals surface area contributed by atoms with E-state index in [4.69, 9.17) is 9.15 Å². The Morgan fingerprint density at radius 3 is 2.62 bits per heavy atom. The zero-order valence-corrected chi connectivity index (χ0v) is 16.6. The van der Waals surface area contributed by atoms with Crippen molar-refractivity contribution in [1.82, 2.24) is 4.72 Å². The van der Waals surface area contributed by atoms with E-state index in [1.54, 1.807) is 6.92 Å². The number of rotatable bonds is 6. The number of sulfonamides is 1. The van der Waals surface area contributed by atoms with Gasteiger partial charge in [-0.3, -0.25) is 0 Å². The summed E-state index contributed by atoms with van der Waals surface area (Å²) < 4.78 is 76.5. The fraction of sp³-hybridized carbons (Fsp3) is 0.526. The third-order valence-corrected chi connectivity index (χ3v) is 6.53. The first-order valence-electron chi connectivity index (χ1n) is 9.37. The van der Waals surface area contributed by atoms with Crippen LogP contribution in [0.2, 0.25) is 0 Å². The van der Waals surface area contributed by atoms with Crippen molar-refractivity contribution in [2.45, 2.75) is 44.8 Å². The summed E-state index contributed by atoms with van der Waals surface area (Å²) in [5, 5.41) is -0.226. The Morgan fingerprint density at radius 1 is 1.21 bits per heavy atom. The predicted molar refractivity (Wildman–Crippen MR) is 101 cm³/mol. The van der Waals surface area contributed by atoms with E-state index >= 15 is 0 Å². The molecule has 29 heavy (non-hydrogen) atoms. The molecule has 160 valence electrons. The van der Waals surface area contributed by atoms with Gasteiger partial charge in [-0.15, -0.1) is 0 Å². The summed E-state index contributed by atoms with van der Waals surface area (Å²) >= 11 is 0. The Hall–Kier alpha value is -2.07. The Kier molecular flexibility index (Phi) is 6.23. The molecule has 0 bridgehead atoms. The first-order valence-corrected chi connectivity index (χ1v) is 11.0. The van der Waals surface area contributed by atoms with Gasteiger partial charge in [0.2, 0.25) is 10.0 Å². The summed E-state index contributed by atoms with van der Waals surface area (Å²) in [6.07, 6.45) is -1.34. The van der Waals surface area contributed by atoms with Gasteiger partial charge in [0.15, 0.2) is 0 Å². The van der Waals surface area contributed by atoms with Crippen LogP contribution in [0.5, 0.6) is 5.75 Å². The average Bonchev–Trinajstić information content (AvgIpc) is 2.65. The molecule has 0 unspecified atom stereocenters.